The second-order valence-corrected chi connectivity index (χ2v) is 8.31. The third kappa shape index (κ3) is 3.74. The Kier molecular flexibility index (Phi) is 5.09. The van der Waals surface area contributed by atoms with Crippen molar-refractivity contribution in [1.82, 2.24) is 5.32 Å². The molecule has 20 heavy (non-hydrogen) atoms. The summed E-state index contributed by atoms with van der Waals surface area (Å²) in [6.07, 6.45) is 0.718. The summed E-state index contributed by atoms with van der Waals surface area (Å²) in [4.78, 5) is 2.08. The van der Waals surface area contributed by atoms with Crippen LogP contribution in [-0.4, -0.2) is 39.6 Å². The molecule has 6 heteroatoms. The zero-order valence-electron chi connectivity index (χ0n) is 11.9. The summed E-state index contributed by atoms with van der Waals surface area (Å²) in [6.45, 7) is 3.85. The van der Waals surface area contributed by atoms with Gasteiger partial charge in [-0.25, -0.2) is 8.42 Å². The molecule has 0 spiro atoms. The Balaban J connectivity index is 2.11. The van der Waals surface area contributed by atoms with E-state index in [0.29, 0.717) is 5.75 Å². The van der Waals surface area contributed by atoms with Crippen LogP contribution in [0.3, 0.4) is 0 Å². The maximum Gasteiger partial charge on any atom is 0.152 e. The van der Waals surface area contributed by atoms with E-state index in [4.69, 9.17) is 0 Å². The van der Waals surface area contributed by atoms with Crippen molar-refractivity contribution in [3.63, 3.8) is 0 Å². The maximum atomic E-state index is 11.6. The lowest BCUT2D eigenvalue weighted by Gasteiger charge is -2.26. The van der Waals surface area contributed by atoms with Crippen molar-refractivity contribution in [3.8, 4) is 0 Å². The first-order valence-electron chi connectivity index (χ1n) is 6.85. The largest absolute Gasteiger partial charge is 0.371 e. The Bertz CT molecular complexity index is 575. The molecule has 112 valence electrons. The molecule has 1 aliphatic heterocycles. The van der Waals surface area contributed by atoms with Gasteiger partial charge in [-0.15, -0.1) is 0 Å². The first kappa shape index (κ1) is 15.8. The molecule has 1 heterocycles. The fourth-order valence-electron chi connectivity index (χ4n) is 2.45. The number of nitrogens with zero attached hydrogens (tertiary/aromatic N) is 1. The van der Waals surface area contributed by atoms with E-state index in [1.807, 2.05) is 7.05 Å². The van der Waals surface area contributed by atoms with Crippen LogP contribution >= 0.6 is 15.9 Å². The molecule has 1 saturated heterocycles. The standard InChI is InChI=1S/C14H21BrN2O2S/c1-3-16-9-11-4-5-12(8-14(11)15)17(2)13-6-7-20(18,19)10-13/h4-5,8,13,16H,3,6-7,9-10H2,1-2H3. The Morgan fingerprint density at radius 3 is 2.75 bits per heavy atom. The zero-order chi connectivity index (χ0) is 14.8. The minimum absolute atomic E-state index is 0.0894. The highest BCUT2D eigenvalue weighted by Crippen LogP contribution is 2.27. The van der Waals surface area contributed by atoms with E-state index < -0.39 is 9.84 Å². The van der Waals surface area contributed by atoms with Crippen molar-refractivity contribution in [2.24, 2.45) is 0 Å². The molecule has 0 bridgehead atoms. The molecule has 1 aliphatic rings. The van der Waals surface area contributed by atoms with Gasteiger partial charge in [0.2, 0.25) is 0 Å². The number of hydrogen-bond donors (Lipinski definition) is 1. The molecule has 1 aromatic rings. The number of rotatable bonds is 5. The van der Waals surface area contributed by atoms with Crippen molar-refractivity contribution < 1.29 is 8.42 Å². The highest BCUT2D eigenvalue weighted by atomic mass is 79.9. The lowest BCUT2D eigenvalue weighted by atomic mass is 10.1. The normalized spacial score (nSPS) is 21.1. The third-order valence-electron chi connectivity index (χ3n) is 3.77. The molecule has 0 aromatic heterocycles. The molecule has 1 N–H and O–H groups in total. The maximum absolute atomic E-state index is 11.6. The van der Waals surface area contributed by atoms with Crippen LogP contribution < -0.4 is 10.2 Å². The third-order valence-corrected chi connectivity index (χ3v) is 6.25. The van der Waals surface area contributed by atoms with Crippen LogP contribution in [0, 0.1) is 0 Å². The van der Waals surface area contributed by atoms with Crippen LogP contribution in [0.4, 0.5) is 5.69 Å². The number of sulfone groups is 1. The van der Waals surface area contributed by atoms with Gasteiger partial charge in [-0.1, -0.05) is 28.9 Å². The molecule has 0 aliphatic carbocycles. The second kappa shape index (κ2) is 6.45. The highest BCUT2D eigenvalue weighted by Gasteiger charge is 2.30. The van der Waals surface area contributed by atoms with Crippen LogP contribution in [-0.2, 0) is 16.4 Å². The van der Waals surface area contributed by atoms with Crippen LogP contribution in [0.5, 0.6) is 0 Å². The first-order valence-corrected chi connectivity index (χ1v) is 9.47. The summed E-state index contributed by atoms with van der Waals surface area (Å²) in [5, 5.41) is 3.30. The smallest absolute Gasteiger partial charge is 0.152 e. The van der Waals surface area contributed by atoms with Crippen LogP contribution in [0.25, 0.3) is 0 Å². The molecule has 1 unspecified atom stereocenters. The minimum atomic E-state index is -2.84. The molecule has 1 aromatic carbocycles. The lowest BCUT2D eigenvalue weighted by molar-refractivity contribution is 0.601. The van der Waals surface area contributed by atoms with Gasteiger partial charge >= 0.3 is 0 Å². The molecule has 1 fully saturated rings. The van der Waals surface area contributed by atoms with Gasteiger partial charge in [0.15, 0.2) is 9.84 Å². The number of anilines is 1. The van der Waals surface area contributed by atoms with E-state index in [0.717, 1.165) is 29.7 Å². The van der Waals surface area contributed by atoms with Gasteiger partial charge in [-0.3, -0.25) is 0 Å². The van der Waals surface area contributed by atoms with Gasteiger partial charge in [0, 0.05) is 29.8 Å². The number of benzene rings is 1. The van der Waals surface area contributed by atoms with Gasteiger partial charge < -0.3 is 10.2 Å². The highest BCUT2D eigenvalue weighted by molar-refractivity contribution is 9.10. The minimum Gasteiger partial charge on any atom is -0.371 e. The van der Waals surface area contributed by atoms with Gasteiger partial charge in [-0.2, -0.15) is 0 Å². The molecular formula is C14H21BrN2O2S. The summed E-state index contributed by atoms with van der Waals surface area (Å²) < 4.78 is 24.2. The fourth-order valence-corrected chi connectivity index (χ4v) is 4.73. The summed E-state index contributed by atoms with van der Waals surface area (Å²) in [5.41, 5.74) is 2.27. The van der Waals surface area contributed by atoms with E-state index in [1.165, 1.54) is 5.56 Å². The van der Waals surface area contributed by atoms with Crippen LogP contribution in [0.15, 0.2) is 22.7 Å². The average Bonchev–Trinajstić information content (AvgIpc) is 2.77. The van der Waals surface area contributed by atoms with Gasteiger partial charge in [0.25, 0.3) is 0 Å². The van der Waals surface area contributed by atoms with E-state index >= 15 is 0 Å². The first-order chi connectivity index (χ1) is 9.43. The predicted octanol–water partition coefficient (Wildman–Crippen LogP) is 2.18. The van der Waals surface area contributed by atoms with Crippen molar-refractivity contribution >= 4 is 31.5 Å². The molecular weight excluding hydrogens is 340 g/mol. The number of hydrogen-bond acceptors (Lipinski definition) is 4. The Morgan fingerprint density at radius 1 is 1.45 bits per heavy atom. The Morgan fingerprint density at radius 2 is 2.20 bits per heavy atom. The molecule has 1 atom stereocenters. The lowest BCUT2D eigenvalue weighted by Crippen LogP contribution is -2.32. The van der Waals surface area contributed by atoms with Gasteiger partial charge in [-0.05, 0) is 30.7 Å². The molecule has 4 nitrogen and oxygen atoms in total. The second-order valence-electron chi connectivity index (χ2n) is 5.22. The van der Waals surface area contributed by atoms with Crippen molar-refractivity contribution in [2.45, 2.75) is 25.9 Å². The summed E-state index contributed by atoms with van der Waals surface area (Å²) in [6, 6.07) is 6.30. The zero-order valence-corrected chi connectivity index (χ0v) is 14.3. The molecule has 0 saturated carbocycles. The van der Waals surface area contributed by atoms with Gasteiger partial charge in [0.1, 0.15) is 0 Å². The Hall–Kier alpha value is -0.590. The number of nitrogens with one attached hydrogen (secondary N) is 1. The van der Waals surface area contributed by atoms with E-state index in [1.54, 1.807) is 0 Å². The quantitative estimate of drug-likeness (QED) is 0.874. The molecule has 0 amide bonds. The topological polar surface area (TPSA) is 49.4 Å². The summed E-state index contributed by atoms with van der Waals surface area (Å²) in [7, 11) is -0.873. The van der Waals surface area contributed by atoms with E-state index in [9.17, 15) is 8.42 Å². The van der Waals surface area contributed by atoms with E-state index in [-0.39, 0.29) is 11.8 Å². The molecule has 2 rings (SSSR count). The van der Waals surface area contributed by atoms with Gasteiger partial charge in [0.05, 0.1) is 11.5 Å². The van der Waals surface area contributed by atoms with E-state index in [2.05, 4.69) is 51.3 Å². The molecule has 0 radical (unpaired) electrons. The monoisotopic (exact) mass is 360 g/mol. The van der Waals surface area contributed by atoms with Crippen LogP contribution in [0.1, 0.15) is 18.9 Å². The summed E-state index contributed by atoms with van der Waals surface area (Å²) >= 11 is 3.59. The SMILES string of the molecule is CCNCc1ccc(N(C)C2CCS(=O)(=O)C2)cc1Br. The van der Waals surface area contributed by atoms with Crippen molar-refractivity contribution in [2.75, 3.05) is 30.0 Å². The Labute approximate surface area is 129 Å². The number of halogens is 1. The van der Waals surface area contributed by atoms with Crippen LogP contribution in [0.2, 0.25) is 0 Å². The summed E-state index contributed by atoms with van der Waals surface area (Å²) in [5.74, 6) is 0.571. The van der Waals surface area contributed by atoms with Crippen molar-refractivity contribution in [3.05, 3.63) is 28.2 Å². The fraction of sp³-hybridized carbons (Fsp3) is 0.571. The average molecular weight is 361 g/mol. The van der Waals surface area contributed by atoms with Crippen molar-refractivity contribution in [1.29, 1.82) is 0 Å². The predicted molar refractivity (Wildman–Crippen MR) is 87.0 cm³/mol.